The van der Waals surface area contributed by atoms with E-state index in [0.717, 1.165) is 49.0 Å². The molecule has 1 amide bonds. The van der Waals surface area contributed by atoms with Crippen LogP contribution >= 0.6 is 11.3 Å². The van der Waals surface area contributed by atoms with E-state index in [1.54, 1.807) is 11.3 Å². The average molecular weight is 378 g/mol. The van der Waals surface area contributed by atoms with Crippen molar-refractivity contribution in [1.82, 2.24) is 14.8 Å². The Morgan fingerprint density at radius 1 is 0.926 bits per heavy atom. The van der Waals surface area contributed by atoms with Crippen molar-refractivity contribution in [1.29, 1.82) is 0 Å². The highest BCUT2D eigenvalue weighted by Gasteiger charge is 2.22. The fourth-order valence-electron chi connectivity index (χ4n) is 3.37. The van der Waals surface area contributed by atoms with Crippen LogP contribution in [-0.4, -0.2) is 46.9 Å². The number of piperazine rings is 1. The summed E-state index contributed by atoms with van der Waals surface area (Å²) in [6.07, 6.45) is 0.391. The van der Waals surface area contributed by atoms with Crippen molar-refractivity contribution in [3.63, 3.8) is 0 Å². The van der Waals surface area contributed by atoms with Crippen molar-refractivity contribution >= 4 is 17.2 Å². The summed E-state index contributed by atoms with van der Waals surface area (Å²) in [5, 5.41) is 2.98. The Labute approximate surface area is 164 Å². The summed E-state index contributed by atoms with van der Waals surface area (Å²) < 4.78 is 0. The number of nitrogens with zero attached hydrogens (tertiary/aromatic N) is 3. The predicted octanol–water partition coefficient (Wildman–Crippen LogP) is 3.70. The van der Waals surface area contributed by atoms with Crippen molar-refractivity contribution in [3.05, 3.63) is 77.3 Å². The molecule has 0 N–H and O–H groups in total. The molecule has 5 heteroatoms. The smallest absolute Gasteiger partial charge is 0.228 e. The number of carbonyl (C=O) groups is 1. The zero-order valence-electron chi connectivity index (χ0n) is 15.3. The lowest BCUT2D eigenvalue weighted by Crippen LogP contribution is -2.48. The Morgan fingerprint density at radius 2 is 1.59 bits per heavy atom. The molecule has 0 atom stereocenters. The number of hydrogen-bond acceptors (Lipinski definition) is 4. The van der Waals surface area contributed by atoms with Gasteiger partial charge in [-0.25, -0.2) is 4.98 Å². The molecule has 4 nitrogen and oxygen atoms in total. The van der Waals surface area contributed by atoms with Crippen LogP contribution in [0.25, 0.3) is 10.6 Å². The van der Waals surface area contributed by atoms with Gasteiger partial charge in [0.1, 0.15) is 5.01 Å². The topological polar surface area (TPSA) is 36.4 Å². The van der Waals surface area contributed by atoms with Crippen LogP contribution < -0.4 is 0 Å². The molecule has 27 heavy (non-hydrogen) atoms. The lowest BCUT2D eigenvalue weighted by molar-refractivity contribution is -0.132. The number of hydrogen-bond donors (Lipinski definition) is 0. The Balaban J connectivity index is 1.29. The summed E-state index contributed by atoms with van der Waals surface area (Å²) >= 11 is 1.60. The molecule has 138 valence electrons. The fraction of sp³-hybridized carbons (Fsp3) is 0.273. The van der Waals surface area contributed by atoms with Gasteiger partial charge in [0, 0.05) is 43.7 Å². The van der Waals surface area contributed by atoms with Crippen molar-refractivity contribution in [2.24, 2.45) is 0 Å². The summed E-state index contributed by atoms with van der Waals surface area (Å²) in [7, 11) is 0. The van der Waals surface area contributed by atoms with Crippen molar-refractivity contribution < 1.29 is 4.79 Å². The molecule has 1 saturated heterocycles. The van der Waals surface area contributed by atoms with Crippen molar-refractivity contribution in [3.8, 4) is 10.6 Å². The Morgan fingerprint density at radius 3 is 2.30 bits per heavy atom. The molecule has 1 aromatic heterocycles. The van der Waals surface area contributed by atoms with Gasteiger partial charge in [0.15, 0.2) is 0 Å². The van der Waals surface area contributed by atoms with E-state index in [4.69, 9.17) is 0 Å². The first kappa shape index (κ1) is 17.9. The van der Waals surface area contributed by atoms with Gasteiger partial charge in [-0.3, -0.25) is 9.69 Å². The van der Waals surface area contributed by atoms with Crippen molar-refractivity contribution in [2.75, 3.05) is 26.2 Å². The summed E-state index contributed by atoms with van der Waals surface area (Å²) in [5.41, 5.74) is 3.31. The van der Waals surface area contributed by atoms with Crippen LogP contribution in [0.1, 0.15) is 11.3 Å². The molecule has 0 radical (unpaired) electrons. The first-order valence-corrected chi connectivity index (χ1v) is 10.2. The second-order valence-electron chi connectivity index (χ2n) is 6.83. The standard InChI is InChI=1S/C22H23N3OS/c26-21(15-20-17-27-22(23-20)19-9-5-2-6-10-19)25-13-11-24(12-14-25)16-18-7-3-1-4-8-18/h1-10,17H,11-16H2. The molecule has 1 aliphatic rings. The maximum Gasteiger partial charge on any atom is 0.228 e. The van der Waals surface area contributed by atoms with Crippen LogP contribution in [-0.2, 0) is 17.8 Å². The third-order valence-corrected chi connectivity index (χ3v) is 5.82. The van der Waals surface area contributed by atoms with Gasteiger partial charge in [0.25, 0.3) is 0 Å². The molecular formula is C22H23N3OS. The fourth-order valence-corrected chi connectivity index (χ4v) is 4.19. The van der Waals surface area contributed by atoms with E-state index < -0.39 is 0 Å². The summed E-state index contributed by atoms with van der Waals surface area (Å²) in [6.45, 7) is 4.39. The number of benzene rings is 2. The van der Waals surface area contributed by atoms with Gasteiger partial charge in [-0.1, -0.05) is 60.7 Å². The number of rotatable bonds is 5. The lowest BCUT2D eigenvalue weighted by atomic mass is 10.2. The van der Waals surface area contributed by atoms with Crippen molar-refractivity contribution in [2.45, 2.75) is 13.0 Å². The van der Waals surface area contributed by atoms with Gasteiger partial charge in [-0.2, -0.15) is 0 Å². The Bertz CT molecular complexity index is 871. The van der Waals surface area contributed by atoms with E-state index in [-0.39, 0.29) is 5.91 Å². The molecule has 0 bridgehead atoms. The monoisotopic (exact) mass is 377 g/mol. The Hall–Kier alpha value is -2.50. The highest BCUT2D eigenvalue weighted by atomic mass is 32.1. The highest BCUT2D eigenvalue weighted by molar-refractivity contribution is 7.13. The van der Waals surface area contributed by atoms with E-state index in [0.29, 0.717) is 6.42 Å². The van der Waals surface area contributed by atoms with E-state index in [9.17, 15) is 4.79 Å². The molecule has 0 spiro atoms. The van der Waals surface area contributed by atoms with Gasteiger partial charge in [-0.05, 0) is 5.56 Å². The zero-order valence-corrected chi connectivity index (χ0v) is 16.1. The number of amides is 1. The minimum Gasteiger partial charge on any atom is -0.340 e. The second kappa shape index (κ2) is 8.46. The maximum atomic E-state index is 12.7. The van der Waals surface area contributed by atoms with Gasteiger partial charge >= 0.3 is 0 Å². The number of thiazole rings is 1. The number of aromatic nitrogens is 1. The van der Waals surface area contributed by atoms with Gasteiger partial charge in [-0.15, -0.1) is 11.3 Å². The average Bonchev–Trinajstić information content (AvgIpc) is 3.18. The van der Waals surface area contributed by atoms with Crippen LogP contribution in [0.2, 0.25) is 0 Å². The zero-order chi connectivity index (χ0) is 18.5. The van der Waals surface area contributed by atoms with Crippen LogP contribution in [0.5, 0.6) is 0 Å². The first-order valence-electron chi connectivity index (χ1n) is 9.32. The minimum atomic E-state index is 0.180. The van der Waals surface area contributed by atoms with Crippen LogP contribution in [0, 0.1) is 0 Å². The van der Waals surface area contributed by atoms with Gasteiger partial charge in [0.2, 0.25) is 5.91 Å². The molecule has 0 aliphatic carbocycles. The normalized spacial score (nSPS) is 15.0. The molecule has 0 unspecified atom stereocenters. The van der Waals surface area contributed by atoms with Gasteiger partial charge < -0.3 is 4.90 Å². The minimum absolute atomic E-state index is 0.180. The summed E-state index contributed by atoms with van der Waals surface area (Å²) in [6, 6.07) is 20.6. The first-order chi connectivity index (χ1) is 13.3. The molecule has 4 rings (SSSR count). The van der Waals surface area contributed by atoms with E-state index in [1.165, 1.54) is 5.56 Å². The predicted molar refractivity (Wildman–Crippen MR) is 110 cm³/mol. The van der Waals surface area contributed by atoms with E-state index >= 15 is 0 Å². The van der Waals surface area contributed by atoms with E-state index in [1.807, 2.05) is 34.5 Å². The number of carbonyl (C=O) groups excluding carboxylic acids is 1. The third-order valence-electron chi connectivity index (χ3n) is 4.88. The molecular weight excluding hydrogens is 354 g/mol. The molecule has 2 heterocycles. The van der Waals surface area contributed by atoms with Gasteiger partial charge in [0.05, 0.1) is 12.1 Å². The summed E-state index contributed by atoms with van der Waals surface area (Å²) in [4.78, 5) is 21.7. The summed E-state index contributed by atoms with van der Waals surface area (Å²) in [5.74, 6) is 0.180. The maximum absolute atomic E-state index is 12.7. The van der Waals surface area contributed by atoms with Crippen LogP contribution in [0.15, 0.2) is 66.0 Å². The third kappa shape index (κ3) is 4.62. The SMILES string of the molecule is O=C(Cc1csc(-c2ccccc2)n1)N1CCN(Cc2ccccc2)CC1. The Kier molecular flexibility index (Phi) is 5.61. The quantitative estimate of drug-likeness (QED) is 0.680. The molecule has 1 fully saturated rings. The van der Waals surface area contributed by atoms with Crippen LogP contribution in [0.3, 0.4) is 0 Å². The van der Waals surface area contributed by atoms with E-state index in [2.05, 4.69) is 46.3 Å². The molecule has 3 aromatic rings. The molecule has 2 aromatic carbocycles. The molecule has 0 saturated carbocycles. The lowest BCUT2D eigenvalue weighted by Gasteiger charge is -2.34. The van der Waals surface area contributed by atoms with Crippen LogP contribution in [0.4, 0.5) is 0 Å². The second-order valence-corrected chi connectivity index (χ2v) is 7.69. The largest absolute Gasteiger partial charge is 0.340 e. The highest BCUT2D eigenvalue weighted by Crippen LogP contribution is 2.23. The molecule has 1 aliphatic heterocycles.